The van der Waals surface area contributed by atoms with Crippen molar-refractivity contribution < 1.29 is 22.7 Å². The molecule has 0 spiro atoms. The predicted molar refractivity (Wildman–Crippen MR) is 103 cm³/mol. The average molecular weight is 410 g/mol. The number of ether oxygens (including phenoxy) is 1. The molecule has 2 aromatic carbocycles. The molecule has 0 saturated carbocycles. The van der Waals surface area contributed by atoms with Crippen LogP contribution in [0.25, 0.3) is 0 Å². The number of aryl methyl sites for hydroxylation is 1. The highest BCUT2D eigenvalue weighted by molar-refractivity contribution is 7.89. The molecule has 0 atom stereocenters. The summed E-state index contributed by atoms with van der Waals surface area (Å²) in [4.78, 5) is 24.3. The van der Waals surface area contributed by atoms with Gasteiger partial charge in [-0.1, -0.05) is 11.6 Å². The molecular weight excluding hydrogens is 390 g/mol. The van der Waals surface area contributed by atoms with Crippen molar-refractivity contribution in [1.29, 1.82) is 0 Å². The Balaban J connectivity index is 2.21. The summed E-state index contributed by atoms with van der Waals surface area (Å²) in [5.74, 6) is -1.18. The van der Waals surface area contributed by atoms with Gasteiger partial charge < -0.3 is 4.74 Å². The maximum Gasteiger partial charge on any atom is 0.338 e. The number of carbonyl (C=O) groups is 2. The lowest BCUT2D eigenvalue weighted by Crippen LogP contribution is -2.17. The number of rotatable bonds is 5. The van der Waals surface area contributed by atoms with Gasteiger partial charge in [-0.25, -0.2) is 18.4 Å². The van der Waals surface area contributed by atoms with Crippen molar-refractivity contribution >= 4 is 33.4 Å². The Morgan fingerprint density at radius 1 is 1.04 bits per heavy atom. The minimum atomic E-state index is -4.09. The predicted octanol–water partition coefficient (Wildman–Crippen LogP) is 3.26. The van der Waals surface area contributed by atoms with E-state index in [1.807, 2.05) is 27.7 Å². The van der Waals surface area contributed by atoms with E-state index in [0.717, 1.165) is 28.3 Å². The maximum absolute atomic E-state index is 12.5. The fourth-order valence-corrected chi connectivity index (χ4v) is 3.71. The molecule has 0 aliphatic rings. The minimum Gasteiger partial charge on any atom is -0.454 e. The third-order valence-electron chi connectivity index (χ3n) is 4.59. The molecule has 0 aliphatic carbocycles. The van der Waals surface area contributed by atoms with Crippen LogP contribution in [0, 0.1) is 27.7 Å². The van der Waals surface area contributed by atoms with Crippen LogP contribution < -0.4 is 5.14 Å². The lowest BCUT2D eigenvalue weighted by molar-refractivity contribution is 0.0474. The second-order valence-electron chi connectivity index (χ2n) is 6.31. The molecule has 0 amide bonds. The van der Waals surface area contributed by atoms with Crippen LogP contribution in [0.3, 0.4) is 0 Å². The first-order valence-electron chi connectivity index (χ1n) is 8.03. The van der Waals surface area contributed by atoms with Gasteiger partial charge in [0.1, 0.15) is 4.90 Å². The summed E-state index contributed by atoms with van der Waals surface area (Å²) in [7, 11) is -4.09. The van der Waals surface area contributed by atoms with Crippen LogP contribution in [-0.4, -0.2) is 26.8 Å². The van der Waals surface area contributed by atoms with Crippen molar-refractivity contribution in [2.45, 2.75) is 32.6 Å². The molecule has 2 rings (SSSR count). The summed E-state index contributed by atoms with van der Waals surface area (Å²) in [6.07, 6.45) is 0. The van der Waals surface area contributed by atoms with E-state index in [4.69, 9.17) is 21.5 Å². The van der Waals surface area contributed by atoms with Gasteiger partial charge in [-0.3, -0.25) is 4.79 Å². The Labute approximate surface area is 163 Å². The molecule has 2 N–H and O–H groups in total. The molecule has 0 bridgehead atoms. The van der Waals surface area contributed by atoms with Crippen molar-refractivity contribution in [1.82, 2.24) is 0 Å². The number of hydrogen-bond acceptors (Lipinski definition) is 5. The minimum absolute atomic E-state index is 0.0655. The highest BCUT2D eigenvalue weighted by Crippen LogP contribution is 2.23. The van der Waals surface area contributed by atoms with Crippen molar-refractivity contribution in [3.05, 3.63) is 62.7 Å². The molecule has 0 aromatic heterocycles. The first-order valence-corrected chi connectivity index (χ1v) is 9.96. The Hall–Kier alpha value is -2.22. The molecule has 144 valence electrons. The molecule has 6 nitrogen and oxygen atoms in total. The second kappa shape index (κ2) is 7.80. The summed E-state index contributed by atoms with van der Waals surface area (Å²) in [5.41, 5.74) is 4.36. The van der Waals surface area contributed by atoms with E-state index in [1.165, 1.54) is 12.1 Å². The molecule has 27 heavy (non-hydrogen) atoms. The molecule has 2 aromatic rings. The van der Waals surface area contributed by atoms with Crippen molar-refractivity contribution in [2.75, 3.05) is 6.61 Å². The van der Waals surface area contributed by atoms with Crippen LogP contribution in [0.1, 0.15) is 43.0 Å². The molecule has 0 aliphatic heterocycles. The zero-order chi connectivity index (χ0) is 20.5. The summed E-state index contributed by atoms with van der Waals surface area (Å²) < 4.78 is 28.0. The fourth-order valence-electron chi connectivity index (χ4n) is 2.64. The van der Waals surface area contributed by atoms with Gasteiger partial charge in [0.25, 0.3) is 0 Å². The number of primary sulfonamides is 1. The van der Waals surface area contributed by atoms with Crippen molar-refractivity contribution in [2.24, 2.45) is 5.14 Å². The normalized spacial score (nSPS) is 11.3. The third-order valence-corrected chi connectivity index (χ3v) is 5.98. The van der Waals surface area contributed by atoms with Gasteiger partial charge in [-0.05, 0) is 74.2 Å². The Morgan fingerprint density at radius 3 is 2.26 bits per heavy atom. The summed E-state index contributed by atoms with van der Waals surface area (Å²) in [6.45, 7) is 7.20. The van der Waals surface area contributed by atoms with E-state index in [0.29, 0.717) is 5.56 Å². The van der Waals surface area contributed by atoms with Crippen LogP contribution in [0.2, 0.25) is 5.02 Å². The second-order valence-corrected chi connectivity index (χ2v) is 8.24. The van der Waals surface area contributed by atoms with Crippen LogP contribution in [0.4, 0.5) is 0 Å². The van der Waals surface area contributed by atoms with Gasteiger partial charge >= 0.3 is 5.97 Å². The number of benzene rings is 2. The topological polar surface area (TPSA) is 104 Å². The number of Topliss-reactive ketones (excluding diaryl/α,β-unsaturated/α-hetero) is 1. The van der Waals surface area contributed by atoms with E-state index in [9.17, 15) is 18.0 Å². The first-order chi connectivity index (χ1) is 12.4. The highest BCUT2D eigenvalue weighted by Gasteiger charge is 2.19. The molecule has 8 heteroatoms. The van der Waals surface area contributed by atoms with Gasteiger partial charge in [-0.2, -0.15) is 0 Å². The van der Waals surface area contributed by atoms with Gasteiger partial charge in [0, 0.05) is 5.56 Å². The molecule has 0 heterocycles. The van der Waals surface area contributed by atoms with E-state index in [-0.39, 0.29) is 21.3 Å². The van der Waals surface area contributed by atoms with Crippen LogP contribution in [-0.2, 0) is 14.8 Å². The van der Waals surface area contributed by atoms with Gasteiger partial charge in [0.05, 0.1) is 10.6 Å². The summed E-state index contributed by atoms with van der Waals surface area (Å²) in [5, 5.41) is 4.96. The van der Waals surface area contributed by atoms with Crippen molar-refractivity contribution in [3.63, 3.8) is 0 Å². The fraction of sp³-hybridized carbons (Fsp3) is 0.263. The molecule has 0 fully saturated rings. The summed E-state index contributed by atoms with van der Waals surface area (Å²) in [6, 6.07) is 5.33. The maximum atomic E-state index is 12.5. The summed E-state index contributed by atoms with van der Waals surface area (Å²) >= 11 is 5.79. The molecular formula is C19H20ClNO5S. The number of carbonyl (C=O) groups excluding carboxylic acids is 2. The average Bonchev–Trinajstić information content (AvgIpc) is 2.60. The first kappa shape index (κ1) is 21.1. The van der Waals surface area contributed by atoms with E-state index < -0.39 is 22.6 Å². The Morgan fingerprint density at radius 2 is 1.67 bits per heavy atom. The quantitative estimate of drug-likeness (QED) is 0.603. The van der Waals surface area contributed by atoms with E-state index in [1.54, 1.807) is 6.07 Å². The van der Waals surface area contributed by atoms with E-state index >= 15 is 0 Å². The lowest BCUT2D eigenvalue weighted by atomic mass is 9.93. The zero-order valence-electron chi connectivity index (χ0n) is 15.4. The highest BCUT2D eigenvalue weighted by atomic mass is 35.5. The van der Waals surface area contributed by atoms with Gasteiger partial charge in [-0.15, -0.1) is 0 Å². The third kappa shape index (κ3) is 4.55. The molecule has 0 unspecified atom stereocenters. The standard InChI is InChI=1S/C19H20ClNO5S/c1-10-7-15(13(4)12(3)11(10)2)17(22)9-26-19(23)14-5-6-16(20)18(8-14)27(21,24)25/h5-8H,9H2,1-4H3,(H2,21,24,25). The zero-order valence-corrected chi connectivity index (χ0v) is 17.0. The molecule has 0 radical (unpaired) electrons. The number of esters is 1. The van der Waals surface area contributed by atoms with E-state index in [2.05, 4.69) is 0 Å². The lowest BCUT2D eigenvalue weighted by Gasteiger charge is -2.13. The number of nitrogens with two attached hydrogens (primary N) is 1. The Kier molecular flexibility index (Phi) is 6.09. The van der Waals surface area contributed by atoms with Crippen LogP contribution in [0.15, 0.2) is 29.2 Å². The van der Waals surface area contributed by atoms with Crippen LogP contribution in [0.5, 0.6) is 0 Å². The van der Waals surface area contributed by atoms with Gasteiger partial charge in [0.15, 0.2) is 6.61 Å². The monoisotopic (exact) mass is 409 g/mol. The van der Waals surface area contributed by atoms with Crippen molar-refractivity contribution in [3.8, 4) is 0 Å². The van der Waals surface area contributed by atoms with Crippen LogP contribution >= 0.6 is 11.6 Å². The number of halogens is 1. The largest absolute Gasteiger partial charge is 0.454 e. The Bertz CT molecular complexity index is 1040. The van der Waals surface area contributed by atoms with Gasteiger partial charge in [0.2, 0.25) is 15.8 Å². The SMILES string of the molecule is Cc1cc(C(=O)COC(=O)c2ccc(Cl)c(S(N)(=O)=O)c2)c(C)c(C)c1C. The number of hydrogen-bond donors (Lipinski definition) is 1. The number of sulfonamides is 1. The molecule has 0 saturated heterocycles. The smallest absolute Gasteiger partial charge is 0.338 e. The number of ketones is 1.